The number of hydrogen-bond acceptors (Lipinski definition) is 5. The minimum absolute atomic E-state index is 0.00801. The van der Waals surface area contributed by atoms with Crippen LogP contribution >= 0.6 is 12.2 Å². The van der Waals surface area contributed by atoms with Gasteiger partial charge in [-0.05, 0) is 26.0 Å². The van der Waals surface area contributed by atoms with Gasteiger partial charge in [0.1, 0.15) is 15.6 Å². The first kappa shape index (κ1) is 17.5. The molecule has 4 N–H and O–H groups in total. The first-order valence-electron chi connectivity index (χ1n) is 6.28. The second-order valence-electron chi connectivity index (χ2n) is 4.58. The maximum absolute atomic E-state index is 12.2. The number of pyridine rings is 1. The topological polar surface area (TPSA) is 114 Å². The summed E-state index contributed by atoms with van der Waals surface area (Å²) in [5.41, 5.74) is 5.49. The third-order valence-electron chi connectivity index (χ3n) is 2.39. The SMILES string of the molecule is CC(C)NC(=O)CCNS(=O)(=O)c1cccnc1C(N)=S. The van der Waals surface area contributed by atoms with Crippen LogP contribution in [0.3, 0.4) is 0 Å². The molecule has 0 aliphatic carbocycles. The molecule has 1 amide bonds. The van der Waals surface area contributed by atoms with Crippen molar-refractivity contribution in [2.45, 2.75) is 31.2 Å². The lowest BCUT2D eigenvalue weighted by molar-refractivity contribution is -0.121. The van der Waals surface area contributed by atoms with E-state index in [1.807, 2.05) is 13.8 Å². The molecule has 0 aliphatic rings. The van der Waals surface area contributed by atoms with E-state index >= 15 is 0 Å². The molecule has 1 aromatic rings. The molecule has 0 spiro atoms. The van der Waals surface area contributed by atoms with Gasteiger partial charge in [0, 0.05) is 25.2 Å². The molecule has 0 atom stereocenters. The average Bonchev–Trinajstić information content (AvgIpc) is 2.37. The number of sulfonamides is 1. The van der Waals surface area contributed by atoms with Gasteiger partial charge in [-0.15, -0.1) is 0 Å². The quantitative estimate of drug-likeness (QED) is 0.602. The highest BCUT2D eigenvalue weighted by Gasteiger charge is 2.20. The summed E-state index contributed by atoms with van der Waals surface area (Å²) in [6, 6.07) is 2.84. The molecule has 1 aromatic heterocycles. The second kappa shape index (κ2) is 7.43. The molecule has 1 rings (SSSR count). The molecule has 0 fully saturated rings. The van der Waals surface area contributed by atoms with E-state index in [1.54, 1.807) is 0 Å². The minimum Gasteiger partial charge on any atom is -0.388 e. The van der Waals surface area contributed by atoms with Gasteiger partial charge in [0.05, 0.1) is 0 Å². The van der Waals surface area contributed by atoms with Crippen LogP contribution in [-0.2, 0) is 14.8 Å². The largest absolute Gasteiger partial charge is 0.388 e. The molecule has 0 aliphatic heterocycles. The lowest BCUT2D eigenvalue weighted by atomic mass is 10.3. The molecule has 0 radical (unpaired) electrons. The molecule has 0 aromatic carbocycles. The van der Waals surface area contributed by atoms with Gasteiger partial charge in [-0.3, -0.25) is 9.78 Å². The normalized spacial score (nSPS) is 11.4. The smallest absolute Gasteiger partial charge is 0.242 e. The molecule has 0 bridgehead atoms. The van der Waals surface area contributed by atoms with Crippen molar-refractivity contribution in [3.8, 4) is 0 Å². The Morgan fingerprint density at radius 3 is 2.71 bits per heavy atom. The van der Waals surface area contributed by atoms with E-state index in [0.717, 1.165) is 0 Å². The summed E-state index contributed by atoms with van der Waals surface area (Å²) in [6.07, 6.45) is 1.45. The zero-order valence-corrected chi connectivity index (χ0v) is 13.4. The van der Waals surface area contributed by atoms with Crippen LogP contribution in [-0.4, -0.2) is 36.9 Å². The number of carbonyl (C=O) groups is 1. The van der Waals surface area contributed by atoms with E-state index in [4.69, 9.17) is 18.0 Å². The van der Waals surface area contributed by atoms with Crippen LogP contribution in [0.1, 0.15) is 26.0 Å². The van der Waals surface area contributed by atoms with Crippen molar-refractivity contribution in [3.05, 3.63) is 24.0 Å². The highest BCUT2D eigenvalue weighted by molar-refractivity contribution is 7.89. The number of nitrogens with two attached hydrogens (primary N) is 1. The highest BCUT2D eigenvalue weighted by atomic mass is 32.2. The standard InChI is InChI=1S/C12H18N4O3S2/c1-8(2)16-10(17)5-7-15-21(18,19)9-4-3-6-14-11(9)12(13)20/h3-4,6,8,15H,5,7H2,1-2H3,(H2,13,20)(H,16,17). The van der Waals surface area contributed by atoms with Crippen LogP contribution in [0.25, 0.3) is 0 Å². The van der Waals surface area contributed by atoms with Crippen LogP contribution in [0.15, 0.2) is 23.2 Å². The van der Waals surface area contributed by atoms with Gasteiger partial charge in [-0.25, -0.2) is 13.1 Å². The number of hydrogen-bond donors (Lipinski definition) is 3. The summed E-state index contributed by atoms with van der Waals surface area (Å²) in [5, 5.41) is 2.67. The fraction of sp³-hybridized carbons (Fsp3) is 0.417. The summed E-state index contributed by atoms with van der Waals surface area (Å²) in [4.78, 5) is 15.1. The number of rotatable bonds is 7. The van der Waals surface area contributed by atoms with Gasteiger partial charge in [0.25, 0.3) is 0 Å². The van der Waals surface area contributed by atoms with Crippen LogP contribution in [0.2, 0.25) is 0 Å². The average molecular weight is 330 g/mol. The maximum Gasteiger partial charge on any atom is 0.242 e. The summed E-state index contributed by atoms with van der Waals surface area (Å²) in [7, 11) is -3.82. The monoisotopic (exact) mass is 330 g/mol. The number of thiocarbonyl (C=S) groups is 1. The Morgan fingerprint density at radius 2 is 2.14 bits per heavy atom. The molecule has 0 saturated heterocycles. The minimum atomic E-state index is -3.82. The Labute approximate surface area is 129 Å². The number of nitrogens with one attached hydrogen (secondary N) is 2. The first-order chi connectivity index (χ1) is 9.74. The van der Waals surface area contributed by atoms with Crippen LogP contribution in [0.4, 0.5) is 0 Å². The predicted octanol–water partition coefficient (Wildman–Crippen LogP) is -0.0912. The van der Waals surface area contributed by atoms with E-state index < -0.39 is 10.0 Å². The lowest BCUT2D eigenvalue weighted by Crippen LogP contribution is -2.34. The zero-order valence-electron chi connectivity index (χ0n) is 11.8. The van der Waals surface area contributed by atoms with Gasteiger partial charge in [0.2, 0.25) is 15.9 Å². The van der Waals surface area contributed by atoms with Gasteiger partial charge in [0.15, 0.2) is 0 Å². The number of nitrogens with zero attached hydrogens (tertiary/aromatic N) is 1. The Bertz CT molecular complexity index is 629. The van der Waals surface area contributed by atoms with Crippen molar-refractivity contribution < 1.29 is 13.2 Å². The summed E-state index contributed by atoms with van der Waals surface area (Å²) < 4.78 is 26.7. The molecular formula is C12H18N4O3S2. The van der Waals surface area contributed by atoms with Crippen LogP contribution < -0.4 is 15.8 Å². The maximum atomic E-state index is 12.2. The number of carbonyl (C=O) groups excluding carboxylic acids is 1. The van der Waals surface area contributed by atoms with E-state index in [9.17, 15) is 13.2 Å². The zero-order chi connectivity index (χ0) is 16.0. The van der Waals surface area contributed by atoms with E-state index in [2.05, 4.69) is 15.0 Å². The third kappa shape index (κ3) is 5.37. The van der Waals surface area contributed by atoms with Crippen molar-refractivity contribution in [2.75, 3.05) is 6.54 Å². The van der Waals surface area contributed by atoms with E-state index in [-0.39, 0.29) is 40.5 Å². The second-order valence-corrected chi connectivity index (χ2v) is 6.76. The Kier molecular flexibility index (Phi) is 6.19. The summed E-state index contributed by atoms with van der Waals surface area (Å²) in [5.74, 6) is -0.228. The molecule has 9 heteroatoms. The lowest BCUT2D eigenvalue weighted by Gasteiger charge is -2.11. The molecule has 21 heavy (non-hydrogen) atoms. The van der Waals surface area contributed by atoms with Gasteiger partial charge in [-0.1, -0.05) is 12.2 Å². The summed E-state index contributed by atoms with van der Waals surface area (Å²) in [6.45, 7) is 3.63. The van der Waals surface area contributed by atoms with Crippen molar-refractivity contribution >= 4 is 33.1 Å². The van der Waals surface area contributed by atoms with Gasteiger partial charge in [-0.2, -0.15) is 0 Å². The fourth-order valence-electron chi connectivity index (χ4n) is 1.56. The first-order valence-corrected chi connectivity index (χ1v) is 8.17. The van der Waals surface area contributed by atoms with Crippen molar-refractivity contribution in [1.29, 1.82) is 0 Å². The molecule has 7 nitrogen and oxygen atoms in total. The van der Waals surface area contributed by atoms with Crippen LogP contribution in [0.5, 0.6) is 0 Å². The predicted molar refractivity (Wildman–Crippen MR) is 83.2 cm³/mol. The highest BCUT2D eigenvalue weighted by Crippen LogP contribution is 2.12. The molecule has 116 valence electrons. The van der Waals surface area contributed by atoms with Crippen molar-refractivity contribution in [3.63, 3.8) is 0 Å². The van der Waals surface area contributed by atoms with E-state index in [0.29, 0.717) is 0 Å². The molecule has 0 unspecified atom stereocenters. The Balaban J connectivity index is 2.75. The Hall–Kier alpha value is -1.58. The van der Waals surface area contributed by atoms with E-state index in [1.165, 1.54) is 18.3 Å². The number of amides is 1. The van der Waals surface area contributed by atoms with Crippen molar-refractivity contribution in [2.24, 2.45) is 5.73 Å². The van der Waals surface area contributed by atoms with Gasteiger partial charge >= 0.3 is 0 Å². The molecule has 0 saturated carbocycles. The van der Waals surface area contributed by atoms with Crippen molar-refractivity contribution in [1.82, 2.24) is 15.0 Å². The molecule has 1 heterocycles. The third-order valence-corrected chi connectivity index (χ3v) is 4.07. The number of aromatic nitrogens is 1. The summed E-state index contributed by atoms with van der Waals surface area (Å²) >= 11 is 4.78. The van der Waals surface area contributed by atoms with Crippen LogP contribution in [0, 0.1) is 0 Å². The van der Waals surface area contributed by atoms with Gasteiger partial charge < -0.3 is 11.1 Å². The molecular weight excluding hydrogens is 312 g/mol. The fourth-order valence-corrected chi connectivity index (χ4v) is 2.99. The Morgan fingerprint density at radius 1 is 1.48 bits per heavy atom.